The van der Waals surface area contributed by atoms with Gasteiger partial charge < -0.3 is 20.3 Å². The zero-order valence-electron chi connectivity index (χ0n) is 17.7. The topological polar surface area (TPSA) is 78.8 Å². The van der Waals surface area contributed by atoms with Gasteiger partial charge in [0, 0.05) is 27.8 Å². The van der Waals surface area contributed by atoms with Crippen molar-refractivity contribution in [1.29, 1.82) is 0 Å². The van der Waals surface area contributed by atoms with E-state index >= 15 is 0 Å². The number of thiophene rings is 1. The van der Waals surface area contributed by atoms with Gasteiger partial charge in [0.2, 0.25) is 5.91 Å². The highest BCUT2D eigenvalue weighted by atomic mass is 32.1. The van der Waals surface area contributed by atoms with Gasteiger partial charge in [-0.3, -0.25) is 4.79 Å². The van der Waals surface area contributed by atoms with Crippen LogP contribution in [0.5, 0.6) is 5.75 Å². The fourth-order valence-corrected chi connectivity index (χ4v) is 5.60. The molecule has 32 heavy (non-hydrogen) atoms. The minimum atomic E-state index is -0.940. The number of benzene rings is 2. The van der Waals surface area contributed by atoms with E-state index in [2.05, 4.69) is 42.6 Å². The summed E-state index contributed by atoms with van der Waals surface area (Å²) in [7, 11) is 0. The molecule has 164 valence electrons. The average molecular weight is 448 g/mol. The van der Waals surface area contributed by atoms with E-state index in [1.165, 1.54) is 26.5 Å². The van der Waals surface area contributed by atoms with Crippen molar-refractivity contribution in [2.45, 2.75) is 31.3 Å². The first-order valence-electron chi connectivity index (χ1n) is 10.7. The largest absolute Gasteiger partial charge is 0.491 e. The molecule has 1 aliphatic heterocycles. The Morgan fingerprint density at radius 3 is 2.72 bits per heavy atom. The Morgan fingerprint density at radius 2 is 1.94 bits per heavy atom. The number of hydrogen-bond acceptors (Lipinski definition) is 5. The normalized spacial score (nSPS) is 19.8. The van der Waals surface area contributed by atoms with E-state index in [4.69, 9.17) is 9.84 Å². The van der Waals surface area contributed by atoms with Gasteiger partial charge >= 0.3 is 0 Å². The highest BCUT2D eigenvalue weighted by molar-refractivity contribution is 7.11. The van der Waals surface area contributed by atoms with Crippen LogP contribution in [0.3, 0.4) is 0 Å². The summed E-state index contributed by atoms with van der Waals surface area (Å²) in [5.74, 6) is 0.159. The molecule has 3 atom stereocenters. The molecular weight excluding hydrogens is 422 g/mol. The quantitative estimate of drug-likeness (QED) is 0.506. The van der Waals surface area contributed by atoms with Gasteiger partial charge in [0.05, 0.1) is 12.5 Å². The van der Waals surface area contributed by atoms with Crippen LogP contribution in [-0.2, 0) is 11.2 Å². The summed E-state index contributed by atoms with van der Waals surface area (Å²) >= 11 is 1.79. The van der Waals surface area contributed by atoms with E-state index in [-0.39, 0.29) is 31.0 Å². The maximum atomic E-state index is 13.2. The molecule has 0 fully saturated rings. The van der Waals surface area contributed by atoms with Gasteiger partial charge in [0.1, 0.15) is 18.5 Å². The Kier molecular flexibility index (Phi) is 5.59. The van der Waals surface area contributed by atoms with Crippen molar-refractivity contribution in [1.82, 2.24) is 0 Å². The predicted molar refractivity (Wildman–Crippen MR) is 126 cm³/mol. The third kappa shape index (κ3) is 3.86. The number of rotatable bonds is 7. The number of anilines is 1. The molecule has 1 amide bonds. The van der Waals surface area contributed by atoms with Crippen molar-refractivity contribution in [3.05, 3.63) is 86.6 Å². The predicted octanol–water partition coefficient (Wildman–Crippen LogP) is 4.25. The average Bonchev–Trinajstić information content (AvgIpc) is 3.45. The summed E-state index contributed by atoms with van der Waals surface area (Å²) in [5, 5.41) is 21.7. The Hall–Kier alpha value is -2.93. The molecule has 5 rings (SSSR count). The SMILES string of the molecule is Cc1ccc(CC2=Cc3ccccc3C2C2C(=O)Nc3ccc(OCC(O)CO)cc32)s1. The summed E-state index contributed by atoms with van der Waals surface area (Å²) in [4.78, 5) is 15.8. The third-order valence-corrected chi connectivity index (χ3v) is 7.13. The van der Waals surface area contributed by atoms with E-state index in [0.717, 1.165) is 17.7 Å². The van der Waals surface area contributed by atoms with Crippen LogP contribution < -0.4 is 10.1 Å². The zero-order valence-corrected chi connectivity index (χ0v) is 18.6. The number of fused-ring (bicyclic) bond motifs is 2. The number of carbonyl (C=O) groups is 1. The van der Waals surface area contributed by atoms with Gasteiger partial charge in [-0.05, 0) is 53.9 Å². The molecule has 0 saturated carbocycles. The lowest BCUT2D eigenvalue weighted by Gasteiger charge is -2.23. The number of aliphatic hydroxyl groups excluding tert-OH is 2. The van der Waals surface area contributed by atoms with Crippen molar-refractivity contribution in [3.63, 3.8) is 0 Å². The number of hydrogen-bond donors (Lipinski definition) is 3. The highest BCUT2D eigenvalue weighted by Gasteiger charge is 2.42. The Labute approximate surface area is 191 Å². The van der Waals surface area contributed by atoms with Gasteiger partial charge in [0.15, 0.2) is 0 Å². The molecule has 0 bridgehead atoms. The van der Waals surface area contributed by atoms with E-state index in [9.17, 15) is 9.90 Å². The molecule has 6 heteroatoms. The molecule has 0 saturated heterocycles. The Bertz CT molecular complexity index is 1200. The van der Waals surface area contributed by atoms with Crippen molar-refractivity contribution >= 4 is 29.0 Å². The fraction of sp³-hybridized carbons (Fsp3) is 0.269. The van der Waals surface area contributed by atoms with Crippen LogP contribution >= 0.6 is 11.3 Å². The molecule has 2 aliphatic rings. The molecular formula is C26H25NO4S. The number of amides is 1. The monoisotopic (exact) mass is 447 g/mol. The maximum absolute atomic E-state index is 13.2. The molecule has 2 aromatic carbocycles. The first-order chi connectivity index (χ1) is 15.5. The lowest BCUT2D eigenvalue weighted by Crippen LogP contribution is -2.21. The number of carbonyl (C=O) groups excluding carboxylic acids is 1. The zero-order chi connectivity index (χ0) is 22.2. The molecule has 0 spiro atoms. The molecule has 2 heterocycles. The number of aliphatic hydroxyl groups is 2. The number of ether oxygens (including phenoxy) is 1. The second-order valence-electron chi connectivity index (χ2n) is 8.38. The van der Waals surface area contributed by atoms with Crippen LogP contribution in [0, 0.1) is 6.92 Å². The summed E-state index contributed by atoms with van der Waals surface area (Å²) in [6, 6.07) is 18.1. The molecule has 1 aliphatic carbocycles. The van der Waals surface area contributed by atoms with Gasteiger partial charge in [-0.25, -0.2) is 0 Å². The van der Waals surface area contributed by atoms with Gasteiger partial charge in [0.25, 0.3) is 0 Å². The number of aryl methyl sites for hydroxylation is 1. The molecule has 5 nitrogen and oxygen atoms in total. The van der Waals surface area contributed by atoms with Crippen LogP contribution in [0.25, 0.3) is 6.08 Å². The number of nitrogens with one attached hydrogen (secondary N) is 1. The first kappa shape index (κ1) is 20.9. The second-order valence-corrected chi connectivity index (χ2v) is 9.75. The van der Waals surface area contributed by atoms with Gasteiger partial charge in [-0.2, -0.15) is 0 Å². The molecule has 1 aromatic heterocycles. The van der Waals surface area contributed by atoms with Crippen LogP contribution in [0.1, 0.15) is 38.3 Å². The van der Waals surface area contributed by atoms with Crippen molar-refractivity contribution in [3.8, 4) is 5.75 Å². The molecule has 3 N–H and O–H groups in total. The minimum absolute atomic E-state index is 0.00350. The molecule has 3 unspecified atom stereocenters. The Morgan fingerprint density at radius 1 is 1.09 bits per heavy atom. The van der Waals surface area contributed by atoms with Crippen LogP contribution in [0.15, 0.2) is 60.2 Å². The summed E-state index contributed by atoms with van der Waals surface area (Å²) in [5.41, 5.74) is 5.28. The summed E-state index contributed by atoms with van der Waals surface area (Å²) in [6.45, 7) is 1.75. The van der Waals surface area contributed by atoms with E-state index < -0.39 is 6.10 Å². The van der Waals surface area contributed by atoms with Crippen molar-refractivity contribution < 1.29 is 19.7 Å². The van der Waals surface area contributed by atoms with Crippen molar-refractivity contribution in [2.75, 3.05) is 18.5 Å². The van der Waals surface area contributed by atoms with Gasteiger partial charge in [-0.1, -0.05) is 35.9 Å². The lowest BCUT2D eigenvalue weighted by molar-refractivity contribution is -0.117. The van der Waals surface area contributed by atoms with E-state index in [0.29, 0.717) is 5.75 Å². The second kappa shape index (κ2) is 8.54. The fourth-order valence-electron chi connectivity index (χ4n) is 4.68. The standard InChI is InChI=1S/C26H25NO4S/c1-15-6-8-20(32-15)11-17-10-16-4-2-3-5-21(16)24(17)25-22-12-19(31-14-18(29)13-28)7-9-23(22)27-26(25)30/h2-10,12,18,24-25,28-29H,11,13-14H2,1H3,(H,27,30). The summed E-state index contributed by atoms with van der Waals surface area (Å²) in [6.07, 6.45) is 2.11. The van der Waals surface area contributed by atoms with Crippen LogP contribution in [0.2, 0.25) is 0 Å². The third-order valence-electron chi connectivity index (χ3n) is 6.13. The van der Waals surface area contributed by atoms with Crippen LogP contribution in [0.4, 0.5) is 5.69 Å². The Balaban J connectivity index is 1.51. The van der Waals surface area contributed by atoms with E-state index in [1.807, 2.05) is 24.3 Å². The maximum Gasteiger partial charge on any atom is 0.232 e. The smallest absolute Gasteiger partial charge is 0.232 e. The van der Waals surface area contributed by atoms with Gasteiger partial charge in [-0.15, -0.1) is 11.3 Å². The van der Waals surface area contributed by atoms with Crippen LogP contribution in [-0.4, -0.2) is 35.4 Å². The van der Waals surface area contributed by atoms with E-state index in [1.54, 1.807) is 17.4 Å². The minimum Gasteiger partial charge on any atom is -0.491 e. The first-order valence-corrected chi connectivity index (χ1v) is 11.6. The van der Waals surface area contributed by atoms with Crippen molar-refractivity contribution in [2.24, 2.45) is 0 Å². The highest BCUT2D eigenvalue weighted by Crippen LogP contribution is 2.51. The molecule has 3 aromatic rings. The molecule has 0 radical (unpaired) electrons. The lowest BCUT2D eigenvalue weighted by atomic mass is 9.79. The number of allylic oxidation sites excluding steroid dienone is 1. The summed E-state index contributed by atoms with van der Waals surface area (Å²) < 4.78 is 5.66.